The summed E-state index contributed by atoms with van der Waals surface area (Å²) in [6.07, 6.45) is 3.79. The number of carboxylic acid groups (broad SMARTS) is 1. The van der Waals surface area contributed by atoms with Crippen LogP contribution in [0.1, 0.15) is 39.0 Å². The van der Waals surface area contributed by atoms with Crippen LogP contribution in [0.2, 0.25) is 5.02 Å². The molecule has 4 N–H and O–H groups in total. The Bertz CT molecular complexity index is 608. The summed E-state index contributed by atoms with van der Waals surface area (Å²) in [6.45, 7) is 2.93. The maximum absolute atomic E-state index is 12.4. The van der Waals surface area contributed by atoms with Crippen molar-refractivity contribution in [3.05, 3.63) is 29.3 Å². The topological polar surface area (TPSA) is 95.7 Å². The molecule has 1 aromatic rings. The molecule has 2 amide bonds. The monoisotopic (exact) mass is 367 g/mol. The summed E-state index contributed by atoms with van der Waals surface area (Å²) in [5.41, 5.74) is 5.62. The Morgan fingerprint density at radius 2 is 2.04 bits per heavy atom. The average Bonchev–Trinajstić information content (AvgIpc) is 3.07. The van der Waals surface area contributed by atoms with Crippen molar-refractivity contribution in [1.82, 2.24) is 4.90 Å². The van der Waals surface area contributed by atoms with Crippen molar-refractivity contribution >= 4 is 29.3 Å². The number of aliphatic carboxylic acids is 1. The van der Waals surface area contributed by atoms with E-state index in [4.69, 9.17) is 17.3 Å². The lowest BCUT2D eigenvalue weighted by atomic mass is 9.80. The number of carbonyl (C=O) groups is 2. The lowest BCUT2D eigenvalue weighted by Crippen LogP contribution is -2.55. The van der Waals surface area contributed by atoms with E-state index in [0.29, 0.717) is 36.6 Å². The Kier molecular flexibility index (Phi) is 6.67. The first-order chi connectivity index (χ1) is 11.9. The number of nitrogens with two attached hydrogens (primary N) is 1. The number of nitrogens with zero attached hydrogens (tertiary/aromatic N) is 1. The number of carboxylic acids is 1. The molecule has 0 saturated carbocycles. The standard InChI is InChI=1S/C18H26ClN3O3/c1-2-3-4-10-18(20,16(23)24)13-9-11-22(12-13)17(25)21-15-7-5-14(19)6-8-15/h5-8,13H,2-4,9-12,20H2,1H3,(H,21,25)(H,23,24). The summed E-state index contributed by atoms with van der Waals surface area (Å²) in [6, 6.07) is 6.61. The first kappa shape index (κ1) is 19.5. The molecule has 6 nitrogen and oxygen atoms in total. The van der Waals surface area contributed by atoms with Gasteiger partial charge in [0.1, 0.15) is 5.54 Å². The molecule has 25 heavy (non-hydrogen) atoms. The number of nitrogens with one attached hydrogen (secondary N) is 1. The number of hydrogen-bond acceptors (Lipinski definition) is 3. The van der Waals surface area contributed by atoms with Crippen LogP contribution >= 0.6 is 11.6 Å². The van der Waals surface area contributed by atoms with E-state index in [9.17, 15) is 14.7 Å². The zero-order valence-corrected chi connectivity index (χ0v) is 15.3. The molecule has 0 radical (unpaired) electrons. The van der Waals surface area contributed by atoms with Crippen LogP contribution in [-0.4, -0.2) is 40.6 Å². The van der Waals surface area contributed by atoms with E-state index in [0.717, 1.165) is 19.3 Å². The lowest BCUT2D eigenvalue weighted by Gasteiger charge is -2.31. The minimum Gasteiger partial charge on any atom is -0.480 e. The highest BCUT2D eigenvalue weighted by Crippen LogP contribution is 2.31. The van der Waals surface area contributed by atoms with Crippen molar-refractivity contribution in [1.29, 1.82) is 0 Å². The second-order valence-electron chi connectivity index (χ2n) is 6.67. The molecule has 1 heterocycles. The predicted molar refractivity (Wildman–Crippen MR) is 98.8 cm³/mol. The van der Waals surface area contributed by atoms with Crippen molar-refractivity contribution < 1.29 is 14.7 Å². The second-order valence-corrected chi connectivity index (χ2v) is 7.11. The number of rotatable bonds is 7. The smallest absolute Gasteiger partial charge is 0.324 e. The van der Waals surface area contributed by atoms with Crippen LogP contribution in [0.15, 0.2) is 24.3 Å². The molecule has 2 rings (SSSR count). The second kappa shape index (κ2) is 8.54. The SMILES string of the molecule is CCCCCC(N)(C(=O)O)C1CCN(C(=O)Nc2ccc(Cl)cc2)C1. The van der Waals surface area contributed by atoms with Crippen LogP contribution in [0.4, 0.5) is 10.5 Å². The number of benzene rings is 1. The lowest BCUT2D eigenvalue weighted by molar-refractivity contribution is -0.145. The summed E-state index contributed by atoms with van der Waals surface area (Å²) in [7, 11) is 0. The zero-order valence-electron chi connectivity index (χ0n) is 14.5. The van der Waals surface area contributed by atoms with Crippen molar-refractivity contribution in [3.63, 3.8) is 0 Å². The van der Waals surface area contributed by atoms with Gasteiger partial charge in [0.2, 0.25) is 0 Å². The number of likely N-dealkylation sites (tertiary alicyclic amines) is 1. The Morgan fingerprint density at radius 3 is 2.64 bits per heavy atom. The van der Waals surface area contributed by atoms with Crippen LogP contribution < -0.4 is 11.1 Å². The number of hydrogen-bond donors (Lipinski definition) is 3. The molecular weight excluding hydrogens is 342 g/mol. The van der Waals surface area contributed by atoms with Gasteiger partial charge in [-0.25, -0.2) is 4.79 Å². The number of unbranched alkanes of at least 4 members (excludes halogenated alkanes) is 2. The number of urea groups is 1. The van der Waals surface area contributed by atoms with E-state index >= 15 is 0 Å². The van der Waals surface area contributed by atoms with Gasteiger partial charge in [-0.1, -0.05) is 37.8 Å². The Hall–Kier alpha value is -1.79. The summed E-state index contributed by atoms with van der Waals surface area (Å²) < 4.78 is 0. The van der Waals surface area contributed by atoms with Crippen molar-refractivity contribution in [3.8, 4) is 0 Å². The van der Waals surface area contributed by atoms with Crippen LogP contribution in [0.5, 0.6) is 0 Å². The molecule has 0 bridgehead atoms. The summed E-state index contributed by atoms with van der Waals surface area (Å²) in [5.74, 6) is -1.22. The number of amides is 2. The van der Waals surface area contributed by atoms with Crippen LogP contribution in [0.25, 0.3) is 0 Å². The van der Waals surface area contributed by atoms with Gasteiger partial charge in [-0.2, -0.15) is 0 Å². The van der Waals surface area contributed by atoms with Crippen molar-refractivity contribution in [2.24, 2.45) is 11.7 Å². The molecule has 1 saturated heterocycles. The van der Waals surface area contributed by atoms with Crippen LogP contribution in [0, 0.1) is 5.92 Å². The molecule has 7 heteroatoms. The molecule has 1 aromatic carbocycles. The summed E-state index contributed by atoms with van der Waals surface area (Å²) in [4.78, 5) is 25.8. The first-order valence-corrected chi connectivity index (χ1v) is 9.08. The van der Waals surface area contributed by atoms with E-state index in [1.807, 2.05) is 0 Å². The Balaban J connectivity index is 1.97. The van der Waals surface area contributed by atoms with Gasteiger partial charge in [0.15, 0.2) is 0 Å². The third kappa shape index (κ3) is 4.86. The molecule has 2 unspecified atom stereocenters. The normalized spacial score (nSPS) is 19.5. The van der Waals surface area contributed by atoms with Gasteiger partial charge in [-0.05, 0) is 37.1 Å². The van der Waals surface area contributed by atoms with Crippen molar-refractivity contribution in [2.45, 2.75) is 44.6 Å². The largest absolute Gasteiger partial charge is 0.480 e. The van der Waals surface area contributed by atoms with E-state index in [-0.39, 0.29) is 11.9 Å². The first-order valence-electron chi connectivity index (χ1n) is 8.70. The van der Waals surface area contributed by atoms with Gasteiger partial charge in [-0.15, -0.1) is 0 Å². The number of anilines is 1. The molecule has 1 aliphatic heterocycles. The number of halogens is 1. The van der Waals surface area contributed by atoms with Crippen LogP contribution in [-0.2, 0) is 4.79 Å². The fourth-order valence-corrected chi connectivity index (χ4v) is 3.38. The highest BCUT2D eigenvalue weighted by molar-refractivity contribution is 6.30. The molecule has 0 aliphatic carbocycles. The van der Waals surface area contributed by atoms with E-state index in [1.54, 1.807) is 29.2 Å². The van der Waals surface area contributed by atoms with Crippen molar-refractivity contribution in [2.75, 3.05) is 18.4 Å². The minimum absolute atomic E-state index is 0.238. The molecule has 2 atom stereocenters. The molecule has 0 spiro atoms. The zero-order chi connectivity index (χ0) is 18.4. The molecule has 1 aliphatic rings. The highest BCUT2D eigenvalue weighted by atomic mass is 35.5. The molecule has 1 fully saturated rings. The Morgan fingerprint density at radius 1 is 1.36 bits per heavy atom. The summed E-state index contributed by atoms with van der Waals surface area (Å²) >= 11 is 5.83. The fraction of sp³-hybridized carbons (Fsp3) is 0.556. The van der Waals surface area contributed by atoms with Gasteiger partial charge in [0.05, 0.1) is 0 Å². The fourth-order valence-electron chi connectivity index (χ4n) is 3.25. The van der Waals surface area contributed by atoms with Crippen LogP contribution in [0.3, 0.4) is 0 Å². The van der Waals surface area contributed by atoms with E-state index in [2.05, 4.69) is 12.2 Å². The maximum Gasteiger partial charge on any atom is 0.324 e. The molecule has 0 aromatic heterocycles. The quantitative estimate of drug-likeness (QED) is 0.642. The number of carbonyl (C=O) groups excluding carboxylic acids is 1. The van der Waals surface area contributed by atoms with Gasteiger partial charge < -0.3 is 21.1 Å². The van der Waals surface area contributed by atoms with Gasteiger partial charge in [-0.3, -0.25) is 4.79 Å². The maximum atomic E-state index is 12.4. The molecular formula is C18H26ClN3O3. The summed E-state index contributed by atoms with van der Waals surface area (Å²) in [5, 5.41) is 13.0. The van der Waals surface area contributed by atoms with E-state index < -0.39 is 11.5 Å². The van der Waals surface area contributed by atoms with E-state index in [1.165, 1.54) is 0 Å². The van der Waals surface area contributed by atoms with Gasteiger partial charge in [0.25, 0.3) is 0 Å². The minimum atomic E-state index is -1.27. The van der Waals surface area contributed by atoms with Gasteiger partial charge in [0, 0.05) is 29.7 Å². The van der Waals surface area contributed by atoms with Gasteiger partial charge >= 0.3 is 12.0 Å². The third-order valence-electron chi connectivity index (χ3n) is 4.89. The molecule has 138 valence electrons. The average molecular weight is 368 g/mol. The highest BCUT2D eigenvalue weighted by Gasteiger charge is 2.45. The Labute approximate surface area is 153 Å². The predicted octanol–water partition coefficient (Wildman–Crippen LogP) is 3.56. The third-order valence-corrected chi connectivity index (χ3v) is 5.14.